The number of anilines is 2. The summed E-state index contributed by atoms with van der Waals surface area (Å²) in [5.74, 6) is 1.87. The van der Waals surface area contributed by atoms with E-state index in [0.29, 0.717) is 17.6 Å². The van der Waals surface area contributed by atoms with Crippen molar-refractivity contribution in [1.82, 2.24) is 9.97 Å². The maximum Gasteiger partial charge on any atom is 0.227 e. The molecule has 5 nitrogen and oxygen atoms in total. The van der Waals surface area contributed by atoms with Crippen molar-refractivity contribution in [2.45, 2.75) is 38.1 Å². The van der Waals surface area contributed by atoms with E-state index in [2.05, 4.69) is 14.9 Å². The highest BCUT2D eigenvalue weighted by Gasteiger charge is 2.33. The average Bonchev–Trinajstić information content (AvgIpc) is 2.26. The Labute approximate surface area is 107 Å². The first-order valence-electron chi connectivity index (χ1n) is 6.57. The Balaban J connectivity index is 1.70. The molecule has 0 aromatic carbocycles. The van der Waals surface area contributed by atoms with Gasteiger partial charge in [0.1, 0.15) is 17.5 Å². The van der Waals surface area contributed by atoms with Gasteiger partial charge in [-0.05, 0) is 18.8 Å². The van der Waals surface area contributed by atoms with E-state index in [9.17, 15) is 0 Å². The zero-order valence-electron chi connectivity index (χ0n) is 10.3. The van der Waals surface area contributed by atoms with Gasteiger partial charge in [-0.3, -0.25) is 0 Å². The van der Waals surface area contributed by atoms with Gasteiger partial charge in [0.2, 0.25) is 5.95 Å². The predicted octanol–water partition coefficient (Wildman–Crippen LogP) is 1.70. The first-order chi connectivity index (χ1) is 8.78. The summed E-state index contributed by atoms with van der Waals surface area (Å²) in [5.41, 5.74) is 6.09. The lowest BCUT2D eigenvalue weighted by Gasteiger charge is -2.44. The molecule has 1 saturated heterocycles. The third-order valence-corrected chi connectivity index (χ3v) is 4.16. The largest absolute Gasteiger partial charge is 0.382 e. The van der Waals surface area contributed by atoms with Gasteiger partial charge in [0.05, 0.1) is 6.20 Å². The average molecular weight is 243 g/mol. The lowest BCUT2D eigenvalue weighted by atomic mass is 9.78. The standard InChI is InChI=1S/C13H17N5/c14-7-10-8-16-13(17-12(10)15)18-5-4-11(18)6-9-2-1-3-9/h8-9,11H,1-6H2,(H2,15,16,17). The summed E-state index contributed by atoms with van der Waals surface area (Å²) in [5, 5.41) is 8.81. The van der Waals surface area contributed by atoms with Gasteiger partial charge >= 0.3 is 0 Å². The highest BCUT2D eigenvalue weighted by Crippen LogP contribution is 2.36. The lowest BCUT2D eigenvalue weighted by Crippen LogP contribution is -2.50. The fourth-order valence-corrected chi connectivity index (χ4v) is 2.67. The summed E-state index contributed by atoms with van der Waals surface area (Å²) in [6.45, 7) is 1.00. The topological polar surface area (TPSA) is 78.8 Å². The van der Waals surface area contributed by atoms with Crippen molar-refractivity contribution in [3.63, 3.8) is 0 Å². The van der Waals surface area contributed by atoms with Gasteiger partial charge in [-0.25, -0.2) is 4.98 Å². The van der Waals surface area contributed by atoms with Crippen molar-refractivity contribution < 1.29 is 0 Å². The van der Waals surface area contributed by atoms with Crippen molar-refractivity contribution >= 4 is 11.8 Å². The molecule has 1 saturated carbocycles. The fourth-order valence-electron chi connectivity index (χ4n) is 2.67. The van der Waals surface area contributed by atoms with E-state index in [1.807, 2.05) is 6.07 Å². The van der Waals surface area contributed by atoms with Crippen molar-refractivity contribution in [2.24, 2.45) is 5.92 Å². The minimum Gasteiger partial charge on any atom is -0.382 e. The lowest BCUT2D eigenvalue weighted by molar-refractivity contribution is 0.245. The van der Waals surface area contributed by atoms with Crippen LogP contribution >= 0.6 is 0 Å². The molecule has 0 radical (unpaired) electrons. The van der Waals surface area contributed by atoms with Crippen LogP contribution in [0.25, 0.3) is 0 Å². The van der Waals surface area contributed by atoms with Gasteiger partial charge in [0.25, 0.3) is 0 Å². The van der Waals surface area contributed by atoms with Crippen LogP contribution in [0.5, 0.6) is 0 Å². The quantitative estimate of drug-likeness (QED) is 0.874. The van der Waals surface area contributed by atoms with E-state index < -0.39 is 0 Å². The van der Waals surface area contributed by atoms with Crippen LogP contribution < -0.4 is 10.6 Å². The van der Waals surface area contributed by atoms with E-state index in [-0.39, 0.29) is 5.82 Å². The van der Waals surface area contributed by atoms with Gasteiger partial charge in [0.15, 0.2) is 0 Å². The fraction of sp³-hybridized carbons (Fsp3) is 0.615. The molecule has 1 aromatic rings. The summed E-state index contributed by atoms with van der Waals surface area (Å²) >= 11 is 0. The second kappa shape index (κ2) is 4.45. The minimum absolute atomic E-state index is 0.289. The third-order valence-electron chi connectivity index (χ3n) is 4.16. The summed E-state index contributed by atoms with van der Waals surface area (Å²) in [4.78, 5) is 10.7. The number of aromatic nitrogens is 2. The van der Waals surface area contributed by atoms with Gasteiger partial charge < -0.3 is 10.6 Å². The number of nitrogens with two attached hydrogens (primary N) is 1. The molecule has 1 atom stereocenters. The SMILES string of the molecule is N#Cc1cnc(N2CCC2CC2CCC2)nc1N. The number of rotatable bonds is 3. The third kappa shape index (κ3) is 1.88. The summed E-state index contributed by atoms with van der Waals surface area (Å²) in [6, 6.07) is 2.56. The number of nitriles is 1. The first kappa shape index (κ1) is 11.3. The molecule has 2 heterocycles. The van der Waals surface area contributed by atoms with Crippen molar-refractivity contribution in [3.8, 4) is 6.07 Å². The molecule has 0 spiro atoms. The van der Waals surface area contributed by atoms with Gasteiger partial charge in [-0.15, -0.1) is 0 Å². The van der Waals surface area contributed by atoms with Crippen LogP contribution in [0.2, 0.25) is 0 Å². The molecule has 1 aliphatic carbocycles. The molecule has 1 unspecified atom stereocenters. The number of hydrogen-bond acceptors (Lipinski definition) is 5. The van der Waals surface area contributed by atoms with Gasteiger partial charge in [-0.2, -0.15) is 10.2 Å². The normalized spacial score (nSPS) is 23.1. The van der Waals surface area contributed by atoms with E-state index >= 15 is 0 Å². The Kier molecular flexibility index (Phi) is 2.78. The second-order valence-electron chi connectivity index (χ2n) is 5.25. The summed E-state index contributed by atoms with van der Waals surface area (Å²) in [7, 11) is 0. The maximum absolute atomic E-state index is 8.81. The Morgan fingerprint density at radius 3 is 2.78 bits per heavy atom. The molecular formula is C13H17N5. The Bertz CT molecular complexity index is 489. The molecule has 94 valence electrons. The molecule has 1 aliphatic heterocycles. The molecule has 0 amide bonds. The molecule has 2 fully saturated rings. The Hall–Kier alpha value is -1.83. The Morgan fingerprint density at radius 1 is 1.44 bits per heavy atom. The molecule has 0 bridgehead atoms. The predicted molar refractivity (Wildman–Crippen MR) is 68.9 cm³/mol. The molecule has 5 heteroatoms. The summed E-state index contributed by atoms with van der Waals surface area (Å²) in [6.07, 6.45) is 8.14. The number of nitrogens with zero attached hydrogens (tertiary/aromatic N) is 4. The first-order valence-corrected chi connectivity index (χ1v) is 6.57. The smallest absolute Gasteiger partial charge is 0.227 e. The molecule has 1 aromatic heterocycles. The number of nitrogen functional groups attached to an aromatic ring is 1. The summed E-state index contributed by atoms with van der Waals surface area (Å²) < 4.78 is 0. The van der Waals surface area contributed by atoms with Crippen molar-refractivity contribution in [1.29, 1.82) is 5.26 Å². The van der Waals surface area contributed by atoms with Gasteiger partial charge in [0, 0.05) is 12.6 Å². The van der Waals surface area contributed by atoms with Crippen LogP contribution in [0.1, 0.15) is 37.7 Å². The van der Waals surface area contributed by atoms with E-state index in [0.717, 1.165) is 12.5 Å². The monoisotopic (exact) mass is 243 g/mol. The van der Waals surface area contributed by atoms with Crippen molar-refractivity contribution in [3.05, 3.63) is 11.8 Å². The molecule has 2 aliphatic rings. The minimum atomic E-state index is 0.289. The molecule has 2 N–H and O–H groups in total. The molecule has 3 rings (SSSR count). The van der Waals surface area contributed by atoms with Gasteiger partial charge in [-0.1, -0.05) is 19.3 Å². The zero-order valence-corrected chi connectivity index (χ0v) is 10.3. The van der Waals surface area contributed by atoms with E-state index in [1.54, 1.807) is 0 Å². The van der Waals surface area contributed by atoms with Crippen LogP contribution in [-0.4, -0.2) is 22.6 Å². The second-order valence-corrected chi connectivity index (χ2v) is 5.25. The van der Waals surface area contributed by atoms with E-state index in [1.165, 1.54) is 38.3 Å². The van der Waals surface area contributed by atoms with E-state index in [4.69, 9.17) is 11.0 Å². The van der Waals surface area contributed by atoms with Crippen LogP contribution in [-0.2, 0) is 0 Å². The van der Waals surface area contributed by atoms with Crippen molar-refractivity contribution in [2.75, 3.05) is 17.2 Å². The maximum atomic E-state index is 8.81. The molecule has 18 heavy (non-hydrogen) atoms. The van der Waals surface area contributed by atoms with Crippen LogP contribution in [0, 0.1) is 17.2 Å². The number of hydrogen-bond donors (Lipinski definition) is 1. The highest BCUT2D eigenvalue weighted by molar-refractivity contribution is 5.51. The van der Waals surface area contributed by atoms with Crippen LogP contribution in [0.3, 0.4) is 0 Å². The van der Waals surface area contributed by atoms with Crippen LogP contribution in [0.15, 0.2) is 6.20 Å². The highest BCUT2D eigenvalue weighted by atomic mass is 15.3. The molecular weight excluding hydrogens is 226 g/mol. The van der Waals surface area contributed by atoms with Crippen LogP contribution in [0.4, 0.5) is 11.8 Å². The Morgan fingerprint density at radius 2 is 2.28 bits per heavy atom. The zero-order chi connectivity index (χ0) is 12.5.